The number of hydrogen-bond acceptors (Lipinski definition) is 3. The minimum absolute atomic E-state index is 0.403. The van der Waals surface area contributed by atoms with Gasteiger partial charge in [-0.3, -0.25) is 4.90 Å². The highest BCUT2D eigenvalue weighted by atomic mass is 15.2. The van der Waals surface area contributed by atoms with Gasteiger partial charge in [-0.15, -0.1) is 0 Å². The van der Waals surface area contributed by atoms with E-state index >= 15 is 0 Å². The lowest BCUT2D eigenvalue weighted by Crippen LogP contribution is -2.45. The summed E-state index contributed by atoms with van der Waals surface area (Å²) in [6.07, 6.45) is 6.65. The van der Waals surface area contributed by atoms with E-state index in [-0.39, 0.29) is 0 Å². The Kier molecular flexibility index (Phi) is 4.83. The van der Waals surface area contributed by atoms with Crippen molar-refractivity contribution in [3.8, 4) is 0 Å². The highest BCUT2D eigenvalue weighted by Crippen LogP contribution is 2.33. The summed E-state index contributed by atoms with van der Waals surface area (Å²) in [5.74, 6) is 0.958. The maximum Gasteiger partial charge on any atom is 0.0221 e. The van der Waals surface area contributed by atoms with Crippen LogP contribution in [0.15, 0.2) is 0 Å². The van der Waals surface area contributed by atoms with Crippen LogP contribution in [-0.2, 0) is 0 Å². The Morgan fingerprint density at radius 2 is 2.06 bits per heavy atom. The molecule has 1 heterocycles. The van der Waals surface area contributed by atoms with Crippen molar-refractivity contribution in [3.05, 3.63) is 0 Å². The maximum absolute atomic E-state index is 6.29. The monoisotopic (exact) mass is 239 g/mol. The first kappa shape index (κ1) is 13.3. The van der Waals surface area contributed by atoms with E-state index in [9.17, 15) is 0 Å². The average Bonchev–Trinajstić information content (AvgIpc) is 3.08. The fourth-order valence-corrected chi connectivity index (χ4v) is 3.08. The third kappa shape index (κ3) is 4.23. The number of rotatable bonds is 5. The molecule has 2 rings (SSSR count). The highest BCUT2D eigenvalue weighted by Gasteiger charge is 2.27. The molecular formula is C14H29N3. The normalized spacial score (nSPS) is 30.2. The third-order valence-electron chi connectivity index (χ3n) is 4.30. The second kappa shape index (κ2) is 6.17. The number of nitrogens with zero attached hydrogens (tertiary/aromatic N) is 2. The van der Waals surface area contributed by atoms with Gasteiger partial charge in [0.25, 0.3) is 0 Å². The van der Waals surface area contributed by atoms with Gasteiger partial charge in [-0.2, -0.15) is 0 Å². The first-order valence-electron chi connectivity index (χ1n) is 7.37. The molecule has 3 heteroatoms. The summed E-state index contributed by atoms with van der Waals surface area (Å²) in [5.41, 5.74) is 6.29. The SMILES string of the molecule is CCC1CN(C)CCCN1C[C@@H](N)CC1CC1. The Morgan fingerprint density at radius 3 is 2.71 bits per heavy atom. The van der Waals surface area contributed by atoms with Crippen molar-refractivity contribution in [2.24, 2.45) is 11.7 Å². The molecule has 1 saturated heterocycles. The van der Waals surface area contributed by atoms with Crippen LogP contribution in [0.5, 0.6) is 0 Å². The summed E-state index contributed by atoms with van der Waals surface area (Å²) in [4.78, 5) is 5.12. The molecule has 1 unspecified atom stereocenters. The van der Waals surface area contributed by atoms with E-state index in [1.165, 1.54) is 51.7 Å². The minimum Gasteiger partial charge on any atom is -0.327 e. The predicted octanol–water partition coefficient (Wildman–Crippen LogP) is 1.53. The van der Waals surface area contributed by atoms with Gasteiger partial charge in [0.15, 0.2) is 0 Å². The van der Waals surface area contributed by atoms with E-state index in [1.54, 1.807) is 0 Å². The summed E-state index contributed by atoms with van der Waals surface area (Å²) < 4.78 is 0. The Balaban J connectivity index is 1.82. The van der Waals surface area contributed by atoms with Gasteiger partial charge in [-0.1, -0.05) is 19.8 Å². The molecule has 3 nitrogen and oxygen atoms in total. The molecule has 0 spiro atoms. The van der Waals surface area contributed by atoms with E-state index in [0.29, 0.717) is 12.1 Å². The van der Waals surface area contributed by atoms with Gasteiger partial charge in [-0.25, -0.2) is 0 Å². The van der Waals surface area contributed by atoms with E-state index in [1.807, 2.05) is 0 Å². The smallest absolute Gasteiger partial charge is 0.0221 e. The quantitative estimate of drug-likeness (QED) is 0.790. The average molecular weight is 239 g/mol. The minimum atomic E-state index is 0.403. The lowest BCUT2D eigenvalue weighted by atomic mass is 10.1. The van der Waals surface area contributed by atoms with Gasteiger partial charge in [0.05, 0.1) is 0 Å². The Labute approximate surface area is 106 Å². The zero-order valence-corrected chi connectivity index (χ0v) is 11.6. The second-order valence-corrected chi connectivity index (χ2v) is 6.11. The molecule has 2 fully saturated rings. The lowest BCUT2D eigenvalue weighted by Gasteiger charge is -2.32. The van der Waals surface area contributed by atoms with Crippen LogP contribution >= 0.6 is 0 Å². The van der Waals surface area contributed by atoms with E-state index in [2.05, 4.69) is 23.8 Å². The van der Waals surface area contributed by atoms with Crippen molar-refractivity contribution in [3.63, 3.8) is 0 Å². The zero-order chi connectivity index (χ0) is 12.3. The van der Waals surface area contributed by atoms with Gasteiger partial charge in [0.2, 0.25) is 0 Å². The van der Waals surface area contributed by atoms with Crippen LogP contribution in [0.1, 0.15) is 39.0 Å². The van der Waals surface area contributed by atoms with Crippen molar-refractivity contribution < 1.29 is 0 Å². The standard InChI is InChI=1S/C14H29N3/c1-3-14-11-16(2)7-4-8-17(14)10-13(15)9-12-5-6-12/h12-14H,3-11,15H2,1-2H3/t13-,14?/m0/s1. The van der Waals surface area contributed by atoms with E-state index in [4.69, 9.17) is 5.73 Å². The number of likely N-dealkylation sites (N-methyl/N-ethyl adjacent to an activating group) is 1. The largest absolute Gasteiger partial charge is 0.327 e. The molecule has 1 saturated carbocycles. The van der Waals surface area contributed by atoms with Gasteiger partial charge < -0.3 is 10.6 Å². The molecule has 0 aromatic rings. The fourth-order valence-electron chi connectivity index (χ4n) is 3.08. The molecule has 2 atom stereocenters. The van der Waals surface area contributed by atoms with E-state index < -0.39 is 0 Å². The first-order valence-corrected chi connectivity index (χ1v) is 7.37. The topological polar surface area (TPSA) is 32.5 Å². The molecule has 0 bridgehead atoms. The zero-order valence-electron chi connectivity index (χ0n) is 11.6. The Bertz CT molecular complexity index is 228. The molecular weight excluding hydrogens is 210 g/mol. The maximum atomic E-state index is 6.29. The highest BCUT2D eigenvalue weighted by molar-refractivity contribution is 4.84. The summed E-state index contributed by atoms with van der Waals surface area (Å²) in [5, 5.41) is 0. The molecule has 0 aromatic carbocycles. The summed E-state index contributed by atoms with van der Waals surface area (Å²) in [6, 6.07) is 1.12. The van der Waals surface area contributed by atoms with Crippen LogP contribution in [0.4, 0.5) is 0 Å². The molecule has 100 valence electrons. The summed E-state index contributed by atoms with van der Waals surface area (Å²) in [7, 11) is 2.25. The fraction of sp³-hybridized carbons (Fsp3) is 1.00. The van der Waals surface area contributed by atoms with Gasteiger partial charge in [0.1, 0.15) is 0 Å². The van der Waals surface area contributed by atoms with Crippen molar-refractivity contribution in [2.45, 2.75) is 51.1 Å². The van der Waals surface area contributed by atoms with Crippen LogP contribution < -0.4 is 5.73 Å². The molecule has 0 radical (unpaired) electrons. The van der Waals surface area contributed by atoms with Gasteiger partial charge in [-0.05, 0) is 45.3 Å². The molecule has 17 heavy (non-hydrogen) atoms. The van der Waals surface area contributed by atoms with Crippen LogP contribution in [0.25, 0.3) is 0 Å². The van der Waals surface area contributed by atoms with Crippen LogP contribution in [-0.4, -0.2) is 55.1 Å². The van der Waals surface area contributed by atoms with Gasteiger partial charge in [0, 0.05) is 25.2 Å². The molecule has 2 N–H and O–H groups in total. The van der Waals surface area contributed by atoms with Crippen LogP contribution in [0.2, 0.25) is 0 Å². The van der Waals surface area contributed by atoms with Crippen LogP contribution in [0, 0.1) is 5.92 Å². The second-order valence-electron chi connectivity index (χ2n) is 6.11. The van der Waals surface area contributed by atoms with Crippen molar-refractivity contribution >= 4 is 0 Å². The van der Waals surface area contributed by atoms with Gasteiger partial charge >= 0.3 is 0 Å². The summed E-state index contributed by atoms with van der Waals surface area (Å²) >= 11 is 0. The Hall–Kier alpha value is -0.120. The van der Waals surface area contributed by atoms with Crippen molar-refractivity contribution in [2.75, 3.05) is 33.2 Å². The van der Waals surface area contributed by atoms with E-state index in [0.717, 1.165) is 12.5 Å². The van der Waals surface area contributed by atoms with Crippen LogP contribution in [0.3, 0.4) is 0 Å². The number of nitrogens with two attached hydrogens (primary N) is 1. The molecule has 2 aliphatic rings. The summed E-state index contributed by atoms with van der Waals surface area (Å²) in [6.45, 7) is 7.12. The number of hydrogen-bond donors (Lipinski definition) is 1. The van der Waals surface area contributed by atoms with Crippen molar-refractivity contribution in [1.82, 2.24) is 9.80 Å². The first-order chi connectivity index (χ1) is 8.19. The lowest BCUT2D eigenvalue weighted by molar-refractivity contribution is 0.170. The Morgan fingerprint density at radius 1 is 1.29 bits per heavy atom. The van der Waals surface area contributed by atoms with Crippen molar-refractivity contribution in [1.29, 1.82) is 0 Å². The molecule has 1 aliphatic heterocycles. The molecule has 0 amide bonds. The molecule has 1 aliphatic carbocycles. The molecule has 0 aromatic heterocycles. The third-order valence-corrected chi connectivity index (χ3v) is 4.30. The predicted molar refractivity (Wildman–Crippen MR) is 73.1 cm³/mol.